The minimum absolute atomic E-state index is 0.0237. The molecule has 0 unspecified atom stereocenters. The Labute approximate surface area is 165 Å². The number of Topliss-reactive ketones (excluding diaryl/α,β-unsaturated/α-hetero) is 1. The summed E-state index contributed by atoms with van der Waals surface area (Å²) in [7, 11) is 0. The van der Waals surface area contributed by atoms with Crippen LogP contribution in [0.15, 0.2) is 46.8 Å². The fourth-order valence-electron chi connectivity index (χ4n) is 4.50. The van der Waals surface area contributed by atoms with E-state index in [1.165, 1.54) is 0 Å². The van der Waals surface area contributed by atoms with Crippen molar-refractivity contribution in [2.75, 3.05) is 13.2 Å². The third kappa shape index (κ3) is 3.51. The van der Waals surface area contributed by atoms with Crippen molar-refractivity contribution in [3.05, 3.63) is 57.9 Å². The Kier molecular flexibility index (Phi) is 5.36. The molecule has 5 heteroatoms. The quantitative estimate of drug-likeness (QED) is 0.806. The Morgan fingerprint density at radius 1 is 1.21 bits per heavy atom. The Balaban J connectivity index is 1.71. The SMILES string of the molecule is CC1=C(C(=O)OC[C@H]2CCCO2)[C@@H](c2ccccc2C)C2=C(CCCC2=O)N1. The Hall–Kier alpha value is -2.40. The molecule has 2 aliphatic heterocycles. The standard InChI is InChI=1S/C23H27NO4/c1-14-7-3-4-9-17(14)21-20(23(26)28-13-16-8-6-12-27-16)15(2)24-18-10-5-11-19(25)22(18)21/h3-4,7,9,16,21,24H,5-6,8,10-13H2,1-2H3/t16-,21-/m1/s1. The highest BCUT2D eigenvalue weighted by Gasteiger charge is 2.39. The van der Waals surface area contributed by atoms with Gasteiger partial charge >= 0.3 is 5.97 Å². The van der Waals surface area contributed by atoms with E-state index < -0.39 is 0 Å². The van der Waals surface area contributed by atoms with Crippen molar-refractivity contribution in [2.45, 2.75) is 58.0 Å². The van der Waals surface area contributed by atoms with E-state index in [1.54, 1.807) is 0 Å². The van der Waals surface area contributed by atoms with E-state index >= 15 is 0 Å². The topological polar surface area (TPSA) is 64.6 Å². The van der Waals surface area contributed by atoms with Crippen LogP contribution in [0.3, 0.4) is 0 Å². The van der Waals surface area contributed by atoms with Crippen LogP contribution in [0.1, 0.15) is 56.1 Å². The number of aryl methyl sites for hydroxylation is 1. The van der Waals surface area contributed by atoms with E-state index in [9.17, 15) is 9.59 Å². The summed E-state index contributed by atoms with van der Waals surface area (Å²) in [6.07, 6.45) is 4.10. The van der Waals surface area contributed by atoms with Gasteiger partial charge in [-0.05, 0) is 50.7 Å². The molecule has 1 aromatic rings. The number of ether oxygens (including phenoxy) is 2. The molecule has 1 aliphatic carbocycles. The monoisotopic (exact) mass is 381 g/mol. The lowest BCUT2D eigenvalue weighted by Crippen LogP contribution is -2.35. The minimum Gasteiger partial charge on any atom is -0.459 e. The third-order valence-corrected chi connectivity index (χ3v) is 5.92. The number of allylic oxidation sites excluding steroid dienone is 3. The largest absolute Gasteiger partial charge is 0.459 e. The zero-order chi connectivity index (χ0) is 19.7. The number of carbonyl (C=O) groups excluding carboxylic acids is 2. The summed E-state index contributed by atoms with van der Waals surface area (Å²) in [5, 5.41) is 3.33. The molecule has 0 amide bonds. The molecule has 2 atom stereocenters. The van der Waals surface area contributed by atoms with Gasteiger partial charge in [-0.2, -0.15) is 0 Å². The average Bonchev–Trinajstić information content (AvgIpc) is 3.19. The van der Waals surface area contributed by atoms with Gasteiger partial charge in [-0.15, -0.1) is 0 Å². The van der Waals surface area contributed by atoms with Gasteiger partial charge in [-0.25, -0.2) is 4.79 Å². The van der Waals surface area contributed by atoms with E-state index in [0.717, 1.165) is 60.4 Å². The number of esters is 1. The smallest absolute Gasteiger partial charge is 0.336 e. The predicted octanol–water partition coefficient (Wildman–Crippen LogP) is 3.69. The first-order valence-electron chi connectivity index (χ1n) is 10.1. The number of dihydropyridines is 1. The van der Waals surface area contributed by atoms with Crippen molar-refractivity contribution in [3.8, 4) is 0 Å². The van der Waals surface area contributed by atoms with Crippen LogP contribution in [-0.4, -0.2) is 31.1 Å². The number of benzene rings is 1. The molecule has 5 nitrogen and oxygen atoms in total. The van der Waals surface area contributed by atoms with Gasteiger partial charge in [0.1, 0.15) is 6.61 Å². The van der Waals surface area contributed by atoms with Crippen molar-refractivity contribution >= 4 is 11.8 Å². The van der Waals surface area contributed by atoms with E-state index in [2.05, 4.69) is 5.32 Å². The van der Waals surface area contributed by atoms with Crippen LogP contribution in [0.5, 0.6) is 0 Å². The molecule has 1 fully saturated rings. The van der Waals surface area contributed by atoms with Crippen molar-refractivity contribution < 1.29 is 19.1 Å². The number of nitrogens with one attached hydrogen (secondary N) is 1. The van der Waals surface area contributed by atoms with Crippen LogP contribution in [0.4, 0.5) is 0 Å². The fraction of sp³-hybridized carbons (Fsp3) is 0.478. The number of carbonyl (C=O) groups is 2. The molecule has 0 radical (unpaired) electrons. The molecule has 0 bridgehead atoms. The second-order valence-electron chi connectivity index (χ2n) is 7.86. The van der Waals surface area contributed by atoms with Gasteiger partial charge < -0.3 is 14.8 Å². The molecule has 4 rings (SSSR count). The first kappa shape index (κ1) is 18.9. The number of rotatable bonds is 4. The van der Waals surface area contributed by atoms with E-state index in [-0.39, 0.29) is 30.4 Å². The van der Waals surface area contributed by atoms with Gasteiger partial charge in [0.15, 0.2) is 5.78 Å². The van der Waals surface area contributed by atoms with Crippen LogP contribution < -0.4 is 5.32 Å². The van der Waals surface area contributed by atoms with Crippen molar-refractivity contribution in [2.24, 2.45) is 0 Å². The van der Waals surface area contributed by atoms with Gasteiger partial charge in [0.2, 0.25) is 0 Å². The molecule has 28 heavy (non-hydrogen) atoms. The van der Waals surface area contributed by atoms with Gasteiger partial charge in [0.05, 0.1) is 11.7 Å². The molecule has 0 saturated carbocycles. The lowest BCUT2D eigenvalue weighted by molar-refractivity contribution is -0.142. The molecule has 1 saturated heterocycles. The summed E-state index contributed by atoms with van der Waals surface area (Å²) < 4.78 is 11.2. The summed E-state index contributed by atoms with van der Waals surface area (Å²) >= 11 is 0. The zero-order valence-electron chi connectivity index (χ0n) is 16.5. The third-order valence-electron chi connectivity index (χ3n) is 5.92. The van der Waals surface area contributed by atoms with Crippen LogP contribution in [-0.2, 0) is 19.1 Å². The molecule has 0 spiro atoms. The van der Waals surface area contributed by atoms with E-state index in [0.29, 0.717) is 12.0 Å². The lowest BCUT2D eigenvalue weighted by atomic mass is 9.74. The first-order valence-corrected chi connectivity index (χ1v) is 10.1. The molecule has 148 valence electrons. The van der Waals surface area contributed by atoms with Crippen molar-refractivity contribution in [1.29, 1.82) is 0 Å². The highest BCUT2D eigenvalue weighted by Crippen LogP contribution is 2.43. The van der Waals surface area contributed by atoms with E-state index in [1.807, 2.05) is 38.1 Å². The normalized spacial score (nSPS) is 24.9. The van der Waals surface area contributed by atoms with Gasteiger partial charge in [0, 0.05) is 35.9 Å². The van der Waals surface area contributed by atoms with Crippen molar-refractivity contribution in [1.82, 2.24) is 5.32 Å². The number of ketones is 1. The van der Waals surface area contributed by atoms with E-state index in [4.69, 9.17) is 9.47 Å². The molecule has 3 aliphatic rings. The molecular weight excluding hydrogens is 354 g/mol. The second kappa shape index (κ2) is 7.92. The summed E-state index contributed by atoms with van der Waals surface area (Å²) in [6, 6.07) is 7.97. The van der Waals surface area contributed by atoms with Gasteiger partial charge in [-0.3, -0.25) is 4.79 Å². The Bertz CT molecular complexity index is 861. The molecule has 2 heterocycles. The fourth-order valence-corrected chi connectivity index (χ4v) is 4.50. The summed E-state index contributed by atoms with van der Waals surface area (Å²) in [5.74, 6) is -0.611. The minimum atomic E-state index is -0.373. The highest BCUT2D eigenvalue weighted by molar-refractivity contribution is 6.03. The second-order valence-corrected chi connectivity index (χ2v) is 7.86. The van der Waals surface area contributed by atoms with Crippen LogP contribution in [0.25, 0.3) is 0 Å². The summed E-state index contributed by atoms with van der Waals surface area (Å²) in [6.45, 7) is 4.91. The molecule has 0 aromatic heterocycles. The first-order chi connectivity index (χ1) is 13.6. The highest BCUT2D eigenvalue weighted by atomic mass is 16.6. The zero-order valence-corrected chi connectivity index (χ0v) is 16.5. The van der Waals surface area contributed by atoms with Crippen LogP contribution in [0.2, 0.25) is 0 Å². The summed E-state index contributed by atoms with van der Waals surface area (Å²) in [4.78, 5) is 26.0. The average molecular weight is 381 g/mol. The van der Waals surface area contributed by atoms with Gasteiger partial charge in [-0.1, -0.05) is 24.3 Å². The lowest BCUT2D eigenvalue weighted by Gasteiger charge is -2.34. The molecule has 1 aromatic carbocycles. The maximum Gasteiger partial charge on any atom is 0.336 e. The van der Waals surface area contributed by atoms with Crippen LogP contribution >= 0.6 is 0 Å². The maximum absolute atomic E-state index is 13.1. The molecular formula is C23H27NO4. The summed E-state index contributed by atoms with van der Waals surface area (Å²) in [5.41, 5.74) is 5.07. The molecule has 1 N–H and O–H groups in total. The Morgan fingerprint density at radius 2 is 2.04 bits per heavy atom. The predicted molar refractivity (Wildman–Crippen MR) is 106 cm³/mol. The Morgan fingerprint density at radius 3 is 2.79 bits per heavy atom. The number of hydrogen-bond acceptors (Lipinski definition) is 5. The maximum atomic E-state index is 13.1. The van der Waals surface area contributed by atoms with Crippen LogP contribution in [0, 0.1) is 6.92 Å². The number of hydrogen-bond donors (Lipinski definition) is 1. The van der Waals surface area contributed by atoms with Crippen molar-refractivity contribution in [3.63, 3.8) is 0 Å². The van der Waals surface area contributed by atoms with Gasteiger partial charge in [0.25, 0.3) is 0 Å².